The van der Waals surface area contributed by atoms with Gasteiger partial charge < -0.3 is 27.9 Å². The monoisotopic (exact) mass is 816 g/mol. The lowest BCUT2D eigenvalue weighted by Crippen LogP contribution is -2.37. The zero-order chi connectivity index (χ0) is 42.0. The zero-order valence-corrected chi connectivity index (χ0v) is 37.6. The molecule has 9 heteroatoms. The summed E-state index contributed by atoms with van der Waals surface area (Å²) in [6.07, 6.45) is 55.3. The van der Waals surface area contributed by atoms with Crippen molar-refractivity contribution in [2.75, 3.05) is 47.5 Å². The van der Waals surface area contributed by atoms with Crippen molar-refractivity contribution in [3.8, 4) is 0 Å². The number of phosphoric acid groups is 1. The summed E-state index contributed by atoms with van der Waals surface area (Å²) in [5.74, 6) is -0.445. The Balaban J connectivity index is 4.47. The number of nitrogens with zero attached hydrogens (tertiary/aromatic N) is 1. The minimum absolute atomic E-state index is 0.00409. The lowest BCUT2D eigenvalue weighted by Gasteiger charge is -2.28. The molecular formula is C48H82NO7P. The van der Waals surface area contributed by atoms with Crippen molar-refractivity contribution in [1.29, 1.82) is 0 Å². The van der Waals surface area contributed by atoms with Gasteiger partial charge in [-0.15, -0.1) is 0 Å². The summed E-state index contributed by atoms with van der Waals surface area (Å²) in [6, 6.07) is 0. The van der Waals surface area contributed by atoms with E-state index in [9.17, 15) is 14.3 Å². The third-order valence-corrected chi connectivity index (χ3v) is 9.66. The molecule has 0 saturated heterocycles. The fraction of sp³-hybridized carbons (Fsp3) is 0.646. The topological polar surface area (TPSA) is 94.1 Å². The van der Waals surface area contributed by atoms with Crippen LogP contribution >= 0.6 is 7.82 Å². The largest absolute Gasteiger partial charge is 0.756 e. The molecule has 0 spiro atoms. The number of rotatable bonds is 39. The molecule has 0 aromatic rings. The molecule has 1 unspecified atom stereocenters. The van der Waals surface area contributed by atoms with Crippen LogP contribution in [0.1, 0.15) is 149 Å². The Morgan fingerprint density at radius 2 is 1.04 bits per heavy atom. The average Bonchev–Trinajstić information content (AvgIpc) is 3.16. The molecule has 0 aromatic carbocycles. The van der Waals surface area contributed by atoms with Crippen molar-refractivity contribution in [1.82, 2.24) is 0 Å². The van der Waals surface area contributed by atoms with Crippen LogP contribution in [0.3, 0.4) is 0 Å². The van der Waals surface area contributed by atoms with Gasteiger partial charge in [-0.05, 0) is 89.5 Å². The fourth-order valence-corrected chi connectivity index (χ4v) is 6.02. The molecule has 0 rings (SSSR count). The lowest BCUT2D eigenvalue weighted by atomic mass is 10.1. The van der Waals surface area contributed by atoms with E-state index >= 15 is 0 Å². The summed E-state index contributed by atoms with van der Waals surface area (Å²) >= 11 is 0. The van der Waals surface area contributed by atoms with Gasteiger partial charge in [-0.2, -0.15) is 0 Å². The molecule has 0 heterocycles. The van der Waals surface area contributed by atoms with Crippen LogP contribution in [0.15, 0.2) is 97.4 Å². The smallest absolute Gasteiger partial charge is 0.306 e. The van der Waals surface area contributed by atoms with E-state index in [1.165, 1.54) is 57.8 Å². The number of unbranched alkanes of at least 4 members (excludes halogenated alkanes) is 11. The van der Waals surface area contributed by atoms with Crippen LogP contribution in [0.2, 0.25) is 0 Å². The highest BCUT2D eigenvalue weighted by molar-refractivity contribution is 7.45. The molecule has 0 saturated carbocycles. The average molecular weight is 816 g/mol. The van der Waals surface area contributed by atoms with Crippen LogP contribution < -0.4 is 4.89 Å². The molecule has 0 N–H and O–H groups in total. The predicted octanol–water partition coefficient (Wildman–Crippen LogP) is 12.8. The van der Waals surface area contributed by atoms with Gasteiger partial charge in [-0.1, -0.05) is 144 Å². The highest BCUT2D eigenvalue weighted by Gasteiger charge is 2.20. The molecule has 0 aliphatic heterocycles. The summed E-state index contributed by atoms with van der Waals surface area (Å²) in [7, 11) is 1.26. The van der Waals surface area contributed by atoms with E-state index < -0.39 is 19.9 Å². The van der Waals surface area contributed by atoms with E-state index in [0.717, 1.165) is 64.2 Å². The molecule has 0 bridgehead atoms. The number of carbonyl (C=O) groups excluding carboxylic acids is 1. The number of hydrogen-bond donors (Lipinski definition) is 0. The van der Waals surface area contributed by atoms with Gasteiger partial charge in [0.1, 0.15) is 19.8 Å². The van der Waals surface area contributed by atoms with Gasteiger partial charge in [0, 0.05) is 6.42 Å². The van der Waals surface area contributed by atoms with Crippen LogP contribution in [0.4, 0.5) is 0 Å². The van der Waals surface area contributed by atoms with E-state index in [4.69, 9.17) is 18.5 Å². The minimum Gasteiger partial charge on any atom is -0.756 e. The molecule has 0 fully saturated rings. The summed E-state index contributed by atoms with van der Waals surface area (Å²) in [6.45, 7) is 4.49. The molecule has 0 aromatic heterocycles. The first-order chi connectivity index (χ1) is 27.6. The molecule has 0 amide bonds. The maximum absolute atomic E-state index is 12.6. The second kappa shape index (κ2) is 40.1. The number of esters is 1. The van der Waals surface area contributed by atoms with Crippen LogP contribution in [0.5, 0.6) is 0 Å². The molecule has 8 nitrogen and oxygen atoms in total. The number of allylic oxidation sites excluding steroid dienone is 15. The Hall–Kier alpha value is -2.74. The van der Waals surface area contributed by atoms with Crippen molar-refractivity contribution >= 4 is 13.8 Å². The lowest BCUT2D eigenvalue weighted by molar-refractivity contribution is -0.870. The molecular weight excluding hydrogens is 734 g/mol. The second-order valence-corrected chi connectivity index (χ2v) is 16.8. The Morgan fingerprint density at radius 3 is 1.54 bits per heavy atom. The van der Waals surface area contributed by atoms with E-state index in [0.29, 0.717) is 17.4 Å². The van der Waals surface area contributed by atoms with Crippen LogP contribution in [0.25, 0.3) is 0 Å². The first-order valence-electron chi connectivity index (χ1n) is 22.0. The molecule has 57 heavy (non-hydrogen) atoms. The predicted molar refractivity (Wildman–Crippen MR) is 240 cm³/mol. The first-order valence-corrected chi connectivity index (χ1v) is 23.5. The number of carbonyl (C=O) groups is 1. The Bertz CT molecular complexity index is 1230. The molecule has 0 aliphatic rings. The summed E-state index contributed by atoms with van der Waals surface area (Å²) in [5.41, 5.74) is 0. The number of hydrogen-bond acceptors (Lipinski definition) is 7. The second-order valence-electron chi connectivity index (χ2n) is 15.4. The van der Waals surface area contributed by atoms with Gasteiger partial charge in [0.15, 0.2) is 6.10 Å². The van der Waals surface area contributed by atoms with Crippen molar-refractivity contribution in [2.24, 2.45) is 0 Å². The standard InChI is InChI=1S/C48H82NO7P/c1-6-8-10-12-14-16-18-20-22-24-25-26-27-29-31-33-35-37-39-41-48(50)56-47(46-55-57(51,52)54-44-42-49(3,4)5)45-53-43-40-38-36-34-32-30-28-23-21-19-17-15-13-11-9-7-2/h8,10,14,16,20-23,25-26,29,31,35,37,40,43,47H,6-7,9,11-13,15,17-19,24,27-28,30,32-34,36,38-39,41-42,44-46H2,1-5H3/b10-8-,16-14-,22-20-,23-21-,26-25-,31-29-,37-35-,43-40-/t47-/m1/s1. The maximum atomic E-state index is 12.6. The molecule has 2 atom stereocenters. The van der Waals surface area contributed by atoms with Gasteiger partial charge in [-0.25, -0.2) is 0 Å². The number of ether oxygens (including phenoxy) is 2. The molecule has 0 radical (unpaired) electrons. The summed E-state index contributed by atoms with van der Waals surface area (Å²) < 4.78 is 34.2. The van der Waals surface area contributed by atoms with Crippen LogP contribution in [-0.2, 0) is 27.9 Å². The number of likely N-dealkylation sites (N-methyl/N-ethyl adjacent to an activating group) is 1. The van der Waals surface area contributed by atoms with Gasteiger partial charge in [-0.3, -0.25) is 9.36 Å². The highest BCUT2D eigenvalue weighted by Crippen LogP contribution is 2.38. The zero-order valence-electron chi connectivity index (χ0n) is 36.7. The molecule has 0 aliphatic carbocycles. The van der Waals surface area contributed by atoms with E-state index in [-0.39, 0.29) is 26.2 Å². The Morgan fingerprint density at radius 1 is 0.579 bits per heavy atom. The van der Waals surface area contributed by atoms with Crippen LogP contribution in [0, 0.1) is 0 Å². The number of phosphoric ester groups is 1. The molecule has 326 valence electrons. The number of quaternary nitrogens is 1. The Labute approximate surface area is 349 Å². The summed E-state index contributed by atoms with van der Waals surface area (Å²) in [4.78, 5) is 25.0. The third kappa shape index (κ3) is 44.2. The first kappa shape index (κ1) is 54.3. The van der Waals surface area contributed by atoms with E-state index in [1.807, 2.05) is 39.4 Å². The van der Waals surface area contributed by atoms with E-state index in [1.54, 1.807) is 6.26 Å². The van der Waals surface area contributed by atoms with Gasteiger partial charge in [0.2, 0.25) is 0 Å². The van der Waals surface area contributed by atoms with Crippen molar-refractivity contribution in [2.45, 2.75) is 155 Å². The van der Waals surface area contributed by atoms with Gasteiger partial charge in [0.25, 0.3) is 7.82 Å². The Kier molecular flexibility index (Phi) is 38.1. The van der Waals surface area contributed by atoms with Crippen molar-refractivity contribution in [3.05, 3.63) is 97.4 Å². The van der Waals surface area contributed by atoms with Crippen molar-refractivity contribution in [3.63, 3.8) is 0 Å². The maximum Gasteiger partial charge on any atom is 0.306 e. The van der Waals surface area contributed by atoms with Crippen molar-refractivity contribution < 1.29 is 37.3 Å². The fourth-order valence-electron chi connectivity index (χ4n) is 5.30. The van der Waals surface area contributed by atoms with Crippen LogP contribution in [-0.4, -0.2) is 64.1 Å². The van der Waals surface area contributed by atoms with Gasteiger partial charge >= 0.3 is 5.97 Å². The van der Waals surface area contributed by atoms with E-state index in [2.05, 4.69) is 86.8 Å². The van der Waals surface area contributed by atoms with Gasteiger partial charge in [0.05, 0.1) is 34.0 Å². The SMILES string of the molecule is CC/C=C\C/C=C\C/C=C\C/C=C\C/C=C\C/C=C\CCC(=O)O[C@H](CO/C=C\CCCCCC/C=C\CCCCCCCC)COP(=O)([O-])OCC[N+](C)(C)C. The normalized spacial score (nSPS) is 14.6. The summed E-state index contributed by atoms with van der Waals surface area (Å²) in [5, 5.41) is 0. The quantitative estimate of drug-likeness (QED) is 0.0152. The highest BCUT2D eigenvalue weighted by atomic mass is 31.2. The third-order valence-electron chi connectivity index (χ3n) is 8.70. The minimum atomic E-state index is -4.57.